The van der Waals surface area contributed by atoms with Crippen molar-refractivity contribution in [2.24, 2.45) is 0 Å². The Morgan fingerprint density at radius 2 is 2.11 bits per heavy atom. The van der Waals surface area contributed by atoms with Crippen molar-refractivity contribution in [2.75, 3.05) is 19.6 Å². The first-order valence-electron chi connectivity index (χ1n) is 6.45. The third kappa shape index (κ3) is 2.94. The molecule has 0 atom stereocenters. The maximum Gasteiger partial charge on any atom is 0.244 e. The van der Waals surface area contributed by atoms with Crippen molar-refractivity contribution in [1.29, 1.82) is 0 Å². The standard InChI is InChI=1S/C13H19ClN2O2S/c1-3-6-16(11-8-15-9-11)19(17,18)13-5-4-10(2)7-12(13)14/h4-5,7,11,15H,3,6,8-9H2,1-2H3. The van der Waals surface area contributed by atoms with Crippen LogP contribution in [-0.4, -0.2) is 38.4 Å². The SMILES string of the molecule is CCCN(C1CNC1)S(=O)(=O)c1ccc(C)cc1Cl. The number of benzene rings is 1. The molecule has 0 saturated carbocycles. The molecule has 1 saturated heterocycles. The largest absolute Gasteiger partial charge is 0.313 e. The molecule has 2 rings (SSSR count). The molecule has 1 heterocycles. The fraction of sp³-hybridized carbons (Fsp3) is 0.538. The normalized spacial score (nSPS) is 16.6. The summed E-state index contributed by atoms with van der Waals surface area (Å²) < 4.78 is 27.0. The molecule has 19 heavy (non-hydrogen) atoms. The Balaban J connectivity index is 2.38. The fourth-order valence-corrected chi connectivity index (χ4v) is 4.43. The Bertz CT molecular complexity index is 556. The van der Waals surface area contributed by atoms with Gasteiger partial charge >= 0.3 is 0 Å². The minimum atomic E-state index is -3.51. The van der Waals surface area contributed by atoms with E-state index in [4.69, 9.17) is 11.6 Å². The van der Waals surface area contributed by atoms with Crippen LogP contribution in [0.1, 0.15) is 18.9 Å². The third-order valence-corrected chi connectivity index (χ3v) is 5.72. The van der Waals surface area contributed by atoms with Crippen LogP contribution in [0, 0.1) is 6.92 Å². The molecule has 1 N–H and O–H groups in total. The lowest BCUT2D eigenvalue weighted by atomic mass is 10.2. The van der Waals surface area contributed by atoms with Gasteiger partial charge in [0.1, 0.15) is 4.90 Å². The zero-order valence-electron chi connectivity index (χ0n) is 11.2. The molecule has 4 nitrogen and oxygen atoms in total. The van der Waals surface area contributed by atoms with Crippen LogP contribution in [0.15, 0.2) is 23.1 Å². The van der Waals surface area contributed by atoms with E-state index in [0.717, 1.165) is 12.0 Å². The predicted molar refractivity (Wildman–Crippen MR) is 77.0 cm³/mol. The van der Waals surface area contributed by atoms with Gasteiger partial charge in [-0.1, -0.05) is 24.6 Å². The lowest BCUT2D eigenvalue weighted by Gasteiger charge is -2.37. The summed E-state index contributed by atoms with van der Waals surface area (Å²) in [5.41, 5.74) is 0.955. The Labute approximate surface area is 119 Å². The van der Waals surface area contributed by atoms with Crippen LogP contribution in [0.3, 0.4) is 0 Å². The third-order valence-electron chi connectivity index (χ3n) is 3.29. The van der Waals surface area contributed by atoms with Gasteiger partial charge in [0, 0.05) is 19.6 Å². The number of sulfonamides is 1. The lowest BCUT2D eigenvalue weighted by Crippen LogP contribution is -2.58. The molecule has 106 valence electrons. The number of nitrogens with zero attached hydrogens (tertiary/aromatic N) is 1. The van der Waals surface area contributed by atoms with Gasteiger partial charge in [-0.05, 0) is 31.0 Å². The van der Waals surface area contributed by atoms with Gasteiger partial charge in [0.25, 0.3) is 0 Å². The summed E-state index contributed by atoms with van der Waals surface area (Å²) >= 11 is 6.10. The molecular formula is C13H19ClN2O2S. The highest BCUT2D eigenvalue weighted by Gasteiger charge is 2.35. The van der Waals surface area contributed by atoms with Crippen molar-refractivity contribution in [2.45, 2.75) is 31.2 Å². The molecule has 1 aliphatic rings. The maximum absolute atomic E-state index is 12.7. The minimum absolute atomic E-state index is 0.0438. The van der Waals surface area contributed by atoms with Crippen molar-refractivity contribution in [1.82, 2.24) is 9.62 Å². The van der Waals surface area contributed by atoms with E-state index in [-0.39, 0.29) is 10.9 Å². The molecule has 1 aromatic rings. The number of halogens is 1. The highest BCUT2D eigenvalue weighted by atomic mass is 35.5. The molecule has 0 radical (unpaired) electrons. The molecule has 0 aliphatic carbocycles. The first-order chi connectivity index (χ1) is 8.96. The Morgan fingerprint density at radius 3 is 2.58 bits per heavy atom. The summed E-state index contributed by atoms with van der Waals surface area (Å²) in [4.78, 5) is 0.208. The molecule has 1 aromatic carbocycles. The van der Waals surface area contributed by atoms with Gasteiger partial charge in [-0.2, -0.15) is 4.31 Å². The van der Waals surface area contributed by atoms with E-state index in [2.05, 4.69) is 5.32 Å². The number of hydrogen-bond donors (Lipinski definition) is 1. The van der Waals surface area contributed by atoms with E-state index in [1.807, 2.05) is 13.8 Å². The monoisotopic (exact) mass is 302 g/mol. The van der Waals surface area contributed by atoms with Gasteiger partial charge in [0.2, 0.25) is 10.0 Å². The van der Waals surface area contributed by atoms with Crippen molar-refractivity contribution in [3.63, 3.8) is 0 Å². The van der Waals surface area contributed by atoms with E-state index in [1.54, 1.807) is 22.5 Å². The highest BCUT2D eigenvalue weighted by Crippen LogP contribution is 2.27. The second kappa shape index (κ2) is 5.79. The second-order valence-electron chi connectivity index (χ2n) is 4.86. The molecule has 0 unspecified atom stereocenters. The quantitative estimate of drug-likeness (QED) is 0.905. The van der Waals surface area contributed by atoms with Gasteiger partial charge in [0.05, 0.1) is 11.1 Å². The summed E-state index contributed by atoms with van der Waals surface area (Å²) in [5.74, 6) is 0. The maximum atomic E-state index is 12.7. The van der Waals surface area contributed by atoms with Crippen LogP contribution >= 0.6 is 11.6 Å². The number of aryl methyl sites for hydroxylation is 1. The zero-order valence-corrected chi connectivity index (χ0v) is 12.8. The lowest BCUT2D eigenvalue weighted by molar-refractivity contribution is 0.242. The van der Waals surface area contributed by atoms with Crippen LogP contribution in [0.2, 0.25) is 5.02 Å². The first-order valence-corrected chi connectivity index (χ1v) is 8.27. The fourth-order valence-electron chi connectivity index (χ4n) is 2.14. The summed E-state index contributed by atoms with van der Waals surface area (Å²) in [6, 6.07) is 5.11. The first kappa shape index (κ1) is 14.8. The van der Waals surface area contributed by atoms with Crippen molar-refractivity contribution in [3.05, 3.63) is 28.8 Å². The Hall–Kier alpha value is -0.620. The average molecular weight is 303 g/mol. The summed E-state index contributed by atoms with van der Waals surface area (Å²) in [6.45, 7) is 5.82. The van der Waals surface area contributed by atoms with Gasteiger partial charge in [-0.15, -0.1) is 0 Å². The summed E-state index contributed by atoms with van der Waals surface area (Å²) in [6.07, 6.45) is 0.791. The van der Waals surface area contributed by atoms with Crippen molar-refractivity contribution in [3.8, 4) is 0 Å². The van der Waals surface area contributed by atoms with Crippen LogP contribution in [0.5, 0.6) is 0 Å². The van der Waals surface area contributed by atoms with Gasteiger partial charge < -0.3 is 5.32 Å². The number of hydrogen-bond acceptors (Lipinski definition) is 3. The van der Waals surface area contributed by atoms with Gasteiger partial charge in [-0.25, -0.2) is 8.42 Å². The van der Waals surface area contributed by atoms with E-state index in [1.165, 1.54) is 0 Å². The molecule has 1 fully saturated rings. The minimum Gasteiger partial charge on any atom is -0.313 e. The van der Waals surface area contributed by atoms with Crippen LogP contribution < -0.4 is 5.32 Å². The summed E-state index contributed by atoms with van der Waals surface area (Å²) in [7, 11) is -3.51. The topological polar surface area (TPSA) is 49.4 Å². The Kier molecular flexibility index (Phi) is 4.50. The molecule has 0 amide bonds. The molecule has 0 spiro atoms. The van der Waals surface area contributed by atoms with Crippen molar-refractivity contribution < 1.29 is 8.42 Å². The predicted octanol–water partition coefficient (Wildman–Crippen LogP) is 2.02. The van der Waals surface area contributed by atoms with Gasteiger partial charge in [0.15, 0.2) is 0 Å². The number of nitrogens with one attached hydrogen (secondary N) is 1. The average Bonchev–Trinajstić information content (AvgIpc) is 2.25. The van der Waals surface area contributed by atoms with E-state index >= 15 is 0 Å². The van der Waals surface area contributed by atoms with E-state index in [0.29, 0.717) is 24.7 Å². The Morgan fingerprint density at radius 1 is 1.42 bits per heavy atom. The molecule has 6 heteroatoms. The molecule has 0 aromatic heterocycles. The van der Waals surface area contributed by atoms with Crippen LogP contribution in [-0.2, 0) is 10.0 Å². The van der Waals surface area contributed by atoms with Gasteiger partial charge in [-0.3, -0.25) is 0 Å². The highest BCUT2D eigenvalue weighted by molar-refractivity contribution is 7.89. The van der Waals surface area contributed by atoms with E-state index < -0.39 is 10.0 Å². The zero-order chi connectivity index (χ0) is 14.0. The molecule has 1 aliphatic heterocycles. The van der Waals surface area contributed by atoms with Crippen molar-refractivity contribution >= 4 is 21.6 Å². The van der Waals surface area contributed by atoms with E-state index in [9.17, 15) is 8.42 Å². The molecular weight excluding hydrogens is 284 g/mol. The second-order valence-corrected chi connectivity index (χ2v) is 7.13. The van der Waals surface area contributed by atoms with Crippen LogP contribution in [0.25, 0.3) is 0 Å². The molecule has 0 bridgehead atoms. The smallest absolute Gasteiger partial charge is 0.244 e. The number of rotatable bonds is 5. The summed E-state index contributed by atoms with van der Waals surface area (Å²) in [5, 5.41) is 3.41. The van der Waals surface area contributed by atoms with Crippen LogP contribution in [0.4, 0.5) is 0 Å².